The molecule has 2 aromatic rings. The van der Waals surface area contributed by atoms with Crippen LogP contribution in [0.15, 0.2) is 24.3 Å². The Bertz CT molecular complexity index is 687. The largest absolute Gasteiger partial charge is 0.342 e. The number of amides is 1. The first-order valence-corrected chi connectivity index (χ1v) is 10.7. The van der Waals surface area contributed by atoms with Crippen molar-refractivity contribution in [3.63, 3.8) is 0 Å². The average Bonchev–Trinajstić information content (AvgIpc) is 3.11. The molecule has 2 fully saturated rings. The van der Waals surface area contributed by atoms with E-state index in [2.05, 4.69) is 23.1 Å². The summed E-state index contributed by atoms with van der Waals surface area (Å²) in [6, 6.07) is 8.36. The van der Waals surface area contributed by atoms with Crippen molar-refractivity contribution in [1.82, 2.24) is 9.88 Å². The third kappa shape index (κ3) is 4.05. The summed E-state index contributed by atoms with van der Waals surface area (Å²) in [6.45, 7) is 1.80. The lowest BCUT2D eigenvalue weighted by molar-refractivity contribution is -0.132. The van der Waals surface area contributed by atoms with Gasteiger partial charge in [-0.1, -0.05) is 44.2 Å². The number of rotatable bonds is 4. The Kier molecular flexibility index (Phi) is 5.35. The van der Waals surface area contributed by atoms with Crippen molar-refractivity contribution in [2.45, 2.75) is 63.7 Å². The Hall–Kier alpha value is -1.42. The Morgan fingerprint density at radius 2 is 1.96 bits per heavy atom. The summed E-state index contributed by atoms with van der Waals surface area (Å²) >= 11 is 1.80. The molecule has 1 aromatic carbocycles. The second-order valence-electron chi connectivity index (χ2n) is 7.74. The minimum Gasteiger partial charge on any atom is -0.342 e. The van der Waals surface area contributed by atoms with Gasteiger partial charge in [-0.05, 0) is 37.3 Å². The lowest BCUT2D eigenvalue weighted by atomic mass is 9.86. The van der Waals surface area contributed by atoms with Crippen molar-refractivity contribution in [3.8, 4) is 0 Å². The summed E-state index contributed by atoms with van der Waals surface area (Å²) in [5.41, 5.74) is 1.10. The number of benzene rings is 1. The monoisotopic (exact) mass is 356 g/mol. The van der Waals surface area contributed by atoms with E-state index in [0.29, 0.717) is 11.8 Å². The van der Waals surface area contributed by atoms with E-state index >= 15 is 0 Å². The fraction of sp³-hybridized carbons (Fsp3) is 0.619. The zero-order chi connectivity index (χ0) is 17.1. The van der Waals surface area contributed by atoms with E-state index in [-0.39, 0.29) is 0 Å². The summed E-state index contributed by atoms with van der Waals surface area (Å²) in [5, 5.41) is 1.21. The number of piperidine rings is 1. The fourth-order valence-electron chi connectivity index (χ4n) is 4.43. The van der Waals surface area contributed by atoms with Crippen LogP contribution in [0, 0.1) is 5.92 Å². The Labute approximate surface area is 154 Å². The Morgan fingerprint density at radius 1 is 1.12 bits per heavy atom. The molecular weight excluding hydrogens is 328 g/mol. The number of thiazole rings is 1. The highest BCUT2D eigenvalue weighted by molar-refractivity contribution is 7.18. The number of carbonyl (C=O) groups excluding carboxylic acids is 1. The normalized spacial score (nSPS) is 22.4. The number of para-hydroxylation sites is 1. The van der Waals surface area contributed by atoms with Crippen LogP contribution in [0.3, 0.4) is 0 Å². The smallest absolute Gasteiger partial charge is 0.222 e. The van der Waals surface area contributed by atoms with Crippen LogP contribution in [0.5, 0.6) is 0 Å². The van der Waals surface area contributed by atoms with Gasteiger partial charge in [0, 0.05) is 25.4 Å². The second-order valence-corrected chi connectivity index (χ2v) is 8.80. The van der Waals surface area contributed by atoms with Crippen LogP contribution in [-0.2, 0) is 4.79 Å². The van der Waals surface area contributed by atoms with Crippen molar-refractivity contribution in [2.24, 2.45) is 5.92 Å². The van der Waals surface area contributed by atoms with Gasteiger partial charge in [0.05, 0.1) is 15.2 Å². The van der Waals surface area contributed by atoms with Gasteiger partial charge in [-0.15, -0.1) is 11.3 Å². The molecule has 134 valence electrons. The second kappa shape index (κ2) is 7.86. The molecule has 3 nitrogen and oxygen atoms in total. The van der Waals surface area contributed by atoms with Crippen LogP contribution in [0.25, 0.3) is 10.2 Å². The van der Waals surface area contributed by atoms with Gasteiger partial charge in [0.2, 0.25) is 5.91 Å². The maximum absolute atomic E-state index is 12.7. The predicted octanol–water partition coefficient (Wildman–Crippen LogP) is 5.36. The first-order valence-electron chi connectivity index (χ1n) is 9.93. The van der Waals surface area contributed by atoms with E-state index < -0.39 is 0 Å². The Balaban J connectivity index is 1.35. The van der Waals surface area contributed by atoms with Crippen LogP contribution in [0.4, 0.5) is 0 Å². The molecule has 1 atom stereocenters. The molecule has 1 aliphatic carbocycles. The van der Waals surface area contributed by atoms with Gasteiger partial charge in [-0.3, -0.25) is 4.79 Å². The van der Waals surface area contributed by atoms with Crippen LogP contribution in [0.2, 0.25) is 0 Å². The van der Waals surface area contributed by atoms with E-state index in [1.807, 2.05) is 6.07 Å². The number of hydrogen-bond acceptors (Lipinski definition) is 3. The van der Waals surface area contributed by atoms with Gasteiger partial charge in [-0.25, -0.2) is 4.98 Å². The van der Waals surface area contributed by atoms with E-state index in [1.165, 1.54) is 41.8 Å². The molecule has 4 rings (SSSR count). The van der Waals surface area contributed by atoms with Crippen molar-refractivity contribution in [1.29, 1.82) is 0 Å². The van der Waals surface area contributed by atoms with Gasteiger partial charge in [0.1, 0.15) is 0 Å². The first-order chi connectivity index (χ1) is 12.3. The third-order valence-electron chi connectivity index (χ3n) is 5.92. The van der Waals surface area contributed by atoms with E-state index in [0.717, 1.165) is 50.2 Å². The standard InChI is InChI=1S/C21H28N2OS/c24-20(13-12-16-7-2-1-3-8-16)23-14-6-9-17(15-23)21-22-18-10-4-5-11-19(18)25-21/h4-5,10-11,16-17H,1-3,6-9,12-15H2/t17-/m1/s1. The van der Waals surface area contributed by atoms with E-state index in [9.17, 15) is 4.79 Å². The average molecular weight is 357 g/mol. The van der Waals surface area contributed by atoms with Crippen LogP contribution in [0.1, 0.15) is 68.7 Å². The van der Waals surface area contributed by atoms with Gasteiger partial charge < -0.3 is 4.90 Å². The summed E-state index contributed by atoms with van der Waals surface area (Å²) in [4.78, 5) is 19.6. The maximum Gasteiger partial charge on any atom is 0.222 e. The molecule has 2 aliphatic rings. The maximum atomic E-state index is 12.7. The van der Waals surface area contributed by atoms with Crippen molar-refractivity contribution >= 4 is 27.5 Å². The molecule has 4 heteroatoms. The molecule has 1 aliphatic heterocycles. The highest BCUT2D eigenvalue weighted by Crippen LogP contribution is 2.33. The summed E-state index contributed by atoms with van der Waals surface area (Å²) in [6.07, 6.45) is 10.9. The molecule has 0 unspecified atom stereocenters. The molecule has 1 amide bonds. The molecule has 0 spiro atoms. The molecule has 1 saturated carbocycles. The third-order valence-corrected chi connectivity index (χ3v) is 7.12. The van der Waals surface area contributed by atoms with Crippen molar-refractivity contribution in [3.05, 3.63) is 29.3 Å². The SMILES string of the molecule is O=C(CCC1CCCCC1)N1CCC[C@@H](c2nc3ccccc3s2)C1. The number of aromatic nitrogens is 1. The highest BCUT2D eigenvalue weighted by atomic mass is 32.1. The van der Waals surface area contributed by atoms with Crippen LogP contribution >= 0.6 is 11.3 Å². The van der Waals surface area contributed by atoms with E-state index in [1.54, 1.807) is 11.3 Å². The van der Waals surface area contributed by atoms with Crippen molar-refractivity contribution in [2.75, 3.05) is 13.1 Å². The number of fused-ring (bicyclic) bond motifs is 1. The zero-order valence-electron chi connectivity index (χ0n) is 15.0. The van der Waals surface area contributed by atoms with Gasteiger partial charge in [0.15, 0.2) is 0 Å². The lowest BCUT2D eigenvalue weighted by Gasteiger charge is -2.32. The van der Waals surface area contributed by atoms with Gasteiger partial charge in [-0.2, -0.15) is 0 Å². The van der Waals surface area contributed by atoms with Gasteiger partial charge in [0.25, 0.3) is 0 Å². The Morgan fingerprint density at radius 3 is 2.80 bits per heavy atom. The fourth-order valence-corrected chi connectivity index (χ4v) is 5.52. The molecule has 25 heavy (non-hydrogen) atoms. The van der Waals surface area contributed by atoms with Crippen LogP contribution < -0.4 is 0 Å². The molecular formula is C21H28N2OS. The number of nitrogens with zero attached hydrogens (tertiary/aromatic N) is 2. The summed E-state index contributed by atoms with van der Waals surface area (Å²) in [5.74, 6) is 1.59. The summed E-state index contributed by atoms with van der Waals surface area (Å²) in [7, 11) is 0. The molecule has 0 N–H and O–H groups in total. The molecule has 2 heterocycles. The number of carbonyl (C=O) groups is 1. The van der Waals surface area contributed by atoms with Crippen molar-refractivity contribution < 1.29 is 4.79 Å². The minimum atomic E-state index is 0.372. The van der Waals surface area contributed by atoms with E-state index in [4.69, 9.17) is 4.98 Å². The number of hydrogen-bond donors (Lipinski definition) is 0. The quantitative estimate of drug-likeness (QED) is 0.738. The first kappa shape index (κ1) is 17.0. The number of likely N-dealkylation sites (tertiary alicyclic amines) is 1. The molecule has 0 radical (unpaired) electrons. The predicted molar refractivity (Wildman–Crippen MR) is 104 cm³/mol. The molecule has 1 aromatic heterocycles. The lowest BCUT2D eigenvalue weighted by Crippen LogP contribution is -2.39. The van der Waals surface area contributed by atoms with Crippen LogP contribution in [-0.4, -0.2) is 28.9 Å². The highest BCUT2D eigenvalue weighted by Gasteiger charge is 2.27. The topological polar surface area (TPSA) is 33.2 Å². The molecule has 0 bridgehead atoms. The van der Waals surface area contributed by atoms with Gasteiger partial charge >= 0.3 is 0 Å². The summed E-state index contributed by atoms with van der Waals surface area (Å²) < 4.78 is 1.26. The zero-order valence-corrected chi connectivity index (χ0v) is 15.8. The molecule has 1 saturated heterocycles. The minimum absolute atomic E-state index is 0.372.